The molecule has 0 aromatic carbocycles. The van der Waals surface area contributed by atoms with Crippen LogP contribution < -0.4 is 4.73 Å². The third-order valence-corrected chi connectivity index (χ3v) is 16.3. The van der Waals surface area contributed by atoms with Gasteiger partial charge in [0.05, 0.1) is 0 Å². The van der Waals surface area contributed by atoms with E-state index in [1.807, 2.05) is 67.7 Å². The van der Waals surface area contributed by atoms with Crippen molar-refractivity contribution in [3.8, 4) is 6.07 Å². The van der Waals surface area contributed by atoms with E-state index < -0.39 is 41.7 Å². The van der Waals surface area contributed by atoms with Crippen LogP contribution in [0, 0.1) is 16.5 Å². The van der Waals surface area contributed by atoms with E-state index >= 15 is 0 Å². The number of pyridine rings is 2. The molecule has 0 aliphatic heterocycles. The second-order valence-electron chi connectivity index (χ2n) is 12.5. The molecule has 0 N–H and O–H groups in total. The summed E-state index contributed by atoms with van der Waals surface area (Å²) in [7, 11) is -4.44. The van der Waals surface area contributed by atoms with Gasteiger partial charge in [-0.1, -0.05) is 41.5 Å². The molecule has 2 aromatic heterocycles. The Morgan fingerprint density at radius 2 is 1.23 bits per heavy atom. The third-order valence-electron chi connectivity index (χ3n) is 7.36. The Labute approximate surface area is 231 Å². The van der Waals surface area contributed by atoms with E-state index in [2.05, 4.69) is 4.98 Å². The van der Waals surface area contributed by atoms with Crippen molar-refractivity contribution in [2.45, 2.75) is 89.7 Å². The maximum Gasteiger partial charge on any atom is 0.295 e. The smallest absolute Gasteiger partial charge is 0.295 e. The molecule has 2 rings (SSSR count). The molecule has 0 fully saturated rings. The Morgan fingerprint density at radius 1 is 0.821 bits per heavy atom. The number of aromatic nitrogens is 2. The molecule has 2 heterocycles. The Hall–Kier alpha value is -2.34. The van der Waals surface area contributed by atoms with E-state index in [0.717, 1.165) is 30.6 Å². The first-order valence-corrected chi connectivity index (χ1v) is 18.4. The maximum absolute atomic E-state index is 14.2. The first kappa shape index (κ1) is 34.7. The van der Waals surface area contributed by atoms with E-state index in [4.69, 9.17) is 14.1 Å². The molecule has 12 heteroatoms. The molecule has 0 saturated heterocycles. The molecule has 218 valence electrons. The summed E-state index contributed by atoms with van der Waals surface area (Å²) in [4.78, 5) is 3.69. The van der Waals surface area contributed by atoms with Crippen molar-refractivity contribution in [2.24, 2.45) is 0 Å². The minimum absolute atomic E-state index is 0.0190. The van der Waals surface area contributed by atoms with Gasteiger partial charge >= 0.3 is 0 Å². The number of nitrogens with zero attached hydrogens (tertiary/aromatic N) is 3. The molecule has 0 saturated carbocycles. The highest BCUT2D eigenvalue weighted by molar-refractivity contribution is 6.74. The van der Waals surface area contributed by atoms with Gasteiger partial charge in [-0.05, 0) is 48.4 Å². The van der Waals surface area contributed by atoms with Gasteiger partial charge in [0.15, 0.2) is 29.0 Å². The highest BCUT2D eigenvalue weighted by atomic mass is 28.4. The molecule has 2 aromatic rings. The molecular weight excluding hydrogens is 546 g/mol. The van der Waals surface area contributed by atoms with Crippen LogP contribution in [0.4, 0.5) is 17.6 Å². The van der Waals surface area contributed by atoms with Crippen molar-refractivity contribution in [1.82, 2.24) is 4.98 Å². The fourth-order valence-corrected chi connectivity index (χ4v) is 4.47. The molecule has 0 bridgehead atoms. The first-order chi connectivity index (χ1) is 17.5. The van der Waals surface area contributed by atoms with Crippen molar-refractivity contribution in [2.75, 3.05) is 13.2 Å². The Bertz CT molecular complexity index is 1120. The van der Waals surface area contributed by atoms with Crippen molar-refractivity contribution < 1.29 is 31.1 Å². The normalized spacial score (nSPS) is 13.4. The zero-order valence-electron chi connectivity index (χ0n) is 24.5. The van der Waals surface area contributed by atoms with E-state index in [9.17, 15) is 22.8 Å². The fourth-order valence-electron chi connectivity index (χ4n) is 2.52. The van der Waals surface area contributed by atoms with Gasteiger partial charge in [0, 0.05) is 29.5 Å². The van der Waals surface area contributed by atoms with Gasteiger partial charge in [-0.3, -0.25) is 0 Å². The van der Waals surface area contributed by atoms with Gasteiger partial charge in [-0.2, -0.15) is 27.6 Å². The second-order valence-corrected chi connectivity index (χ2v) is 22.1. The minimum atomic E-state index is -3.12. The van der Waals surface area contributed by atoms with E-state index in [0.29, 0.717) is 4.73 Å². The van der Waals surface area contributed by atoms with Crippen molar-refractivity contribution in [1.29, 1.82) is 5.26 Å². The van der Waals surface area contributed by atoms with Gasteiger partial charge < -0.3 is 14.1 Å². The number of rotatable bonds is 8. The Morgan fingerprint density at radius 3 is 1.62 bits per heavy atom. The van der Waals surface area contributed by atoms with Crippen molar-refractivity contribution >= 4 is 16.6 Å². The maximum atomic E-state index is 14.2. The topological polar surface area (TPSA) is 82.1 Å². The highest BCUT2D eigenvalue weighted by Crippen LogP contribution is 2.40. The molecule has 39 heavy (non-hydrogen) atoms. The quantitative estimate of drug-likeness (QED) is 0.138. The summed E-state index contributed by atoms with van der Waals surface area (Å²) >= 11 is 0. The zero-order valence-corrected chi connectivity index (χ0v) is 26.5. The summed E-state index contributed by atoms with van der Waals surface area (Å²) in [6, 6.07) is 6.34. The third kappa shape index (κ3) is 9.97. The lowest BCUT2D eigenvalue weighted by atomic mass is 10.1. The summed E-state index contributed by atoms with van der Waals surface area (Å²) in [6.07, 6.45) is 3.35. The standard InChI is InChI=1S/C14H20F2N2OSi.C13H21F2NO2Si/c1-13(2,3)20(4,5)19-10-14(15,16)11-6-7-18-12(8-11)9-17;1-12(2,3)19(4,5)18-10-13(14,15)11-6-8-16(17)9-7-11/h6-8H,10H2,1-5H3;6-9H,10H2,1-5H3. The van der Waals surface area contributed by atoms with Crippen LogP contribution in [0.5, 0.6) is 0 Å². The van der Waals surface area contributed by atoms with Crippen LogP contribution in [0.2, 0.25) is 36.3 Å². The first-order valence-electron chi connectivity index (χ1n) is 12.5. The number of nitriles is 1. The van der Waals surface area contributed by atoms with Crippen molar-refractivity contribution in [3.63, 3.8) is 0 Å². The molecule has 0 spiro atoms. The lowest BCUT2D eigenvalue weighted by molar-refractivity contribution is -0.605. The van der Waals surface area contributed by atoms with Crippen LogP contribution in [0.25, 0.3) is 0 Å². The number of halogens is 4. The van der Waals surface area contributed by atoms with Gasteiger partial charge in [0.1, 0.15) is 25.0 Å². The van der Waals surface area contributed by atoms with Gasteiger partial charge in [-0.25, -0.2) is 4.98 Å². The zero-order chi connectivity index (χ0) is 30.5. The summed E-state index contributed by atoms with van der Waals surface area (Å²) in [6.45, 7) is 18.4. The second kappa shape index (κ2) is 12.5. The molecular formula is C27H41F4N3O3Si2. The van der Waals surface area contributed by atoms with Crippen LogP contribution in [0.1, 0.15) is 58.4 Å². The highest BCUT2D eigenvalue weighted by Gasteiger charge is 2.43. The van der Waals surface area contributed by atoms with Crippen molar-refractivity contribution in [3.05, 3.63) is 64.9 Å². The lowest BCUT2D eigenvalue weighted by Crippen LogP contribution is -2.43. The van der Waals surface area contributed by atoms with Crippen LogP contribution in [-0.2, 0) is 20.7 Å². The largest absolute Gasteiger partial charge is 0.619 e. The van der Waals surface area contributed by atoms with E-state index in [-0.39, 0.29) is 26.9 Å². The number of alkyl halides is 4. The molecule has 0 aliphatic carbocycles. The minimum Gasteiger partial charge on any atom is -0.619 e. The molecule has 0 atom stereocenters. The van der Waals surface area contributed by atoms with Crippen LogP contribution in [0.15, 0.2) is 42.9 Å². The molecule has 0 amide bonds. The van der Waals surface area contributed by atoms with Gasteiger partial charge in [-0.15, -0.1) is 0 Å². The molecule has 0 unspecified atom stereocenters. The lowest BCUT2D eigenvalue weighted by Gasteiger charge is -2.37. The summed E-state index contributed by atoms with van der Waals surface area (Å²) in [5.74, 6) is -6.20. The Balaban J connectivity index is 0.000000391. The number of hydrogen-bond acceptors (Lipinski definition) is 5. The summed E-state index contributed by atoms with van der Waals surface area (Å²) in [5, 5.41) is 19.3. The fraction of sp³-hybridized carbons (Fsp3) is 0.593. The summed E-state index contributed by atoms with van der Waals surface area (Å²) in [5.41, 5.74) is -0.449. The number of hydrogen-bond donors (Lipinski definition) is 0. The van der Waals surface area contributed by atoms with Crippen LogP contribution in [-0.4, -0.2) is 34.8 Å². The van der Waals surface area contributed by atoms with Crippen LogP contribution in [0.3, 0.4) is 0 Å². The van der Waals surface area contributed by atoms with E-state index in [1.165, 1.54) is 12.3 Å². The predicted molar refractivity (Wildman–Crippen MR) is 148 cm³/mol. The molecule has 0 aliphatic rings. The Kier molecular flexibility index (Phi) is 11.1. The van der Waals surface area contributed by atoms with E-state index in [1.54, 1.807) is 6.07 Å². The monoisotopic (exact) mass is 587 g/mol. The van der Waals surface area contributed by atoms with Gasteiger partial charge in [0.25, 0.3) is 11.8 Å². The predicted octanol–water partition coefficient (Wildman–Crippen LogP) is 7.50. The van der Waals surface area contributed by atoms with Crippen LogP contribution >= 0.6 is 0 Å². The molecule has 0 radical (unpaired) electrons. The SMILES string of the molecule is CC(C)(C)[Si](C)(C)OCC(F)(F)c1cc[n+]([O-])cc1.CC(C)(C)[Si](C)(C)OCC(F)(F)c1ccnc(C#N)c1. The molecule has 6 nitrogen and oxygen atoms in total. The van der Waals surface area contributed by atoms with Gasteiger partial charge in [0.2, 0.25) is 0 Å². The summed E-state index contributed by atoms with van der Waals surface area (Å²) < 4.78 is 67.9. The average molecular weight is 588 g/mol. The average Bonchev–Trinajstić information content (AvgIpc) is 2.81.